The molecular formula is C23H20N4O3S. The zero-order chi connectivity index (χ0) is 22.0. The van der Waals surface area contributed by atoms with Gasteiger partial charge < -0.3 is 10.4 Å². The van der Waals surface area contributed by atoms with Crippen molar-refractivity contribution in [3.63, 3.8) is 0 Å². The molecule has 2 heterocycles. The van der Waals surface area contributed by atoms with Crippen molar-refractivity contribution >= 4 is 44.1 Å². The first-order valence-electron chi connectivity index (χ1n) is 9.63. The topological polar surface area (TPSA) is 105 Å². The van der Waals surface area contributed by atoms with E-state index in [9.17, 15) is 14.7 Å². The summed E-state index contributed by atoms with van der Waals surface area (Å²) in [6.07, 6.45) is 3.30. The highest BCUT2D eigenvalue weighted by Crippen LogP contribution is 2.28. The number of ketones is 1. The smallest absolute Gasteiger partial charge is 0.309 e. The predicted molar refractivity (Wildman–Crippen MR) is 121 cm³/mol. The molecule has 2 aromatic carbocycles. The molecule has 7 nitrogen and oxygen atoms in total. The van der Waals surface area contributed by atoms with Crippen molar-refractivity contribution in [1.29, 1.82) is 0 Å². The molecule has 4 aromatic rings. The van der Waals surface area contributed by atoms with E-state index in [1.54, 1.807) is 61.8 Å². The fraction of sp³-hybridized carbons (Fsp3) is 0.174. The van der Waals surface area contributed by atoms with Crippen LogP contribution in [-0.2, 0) is 4.79 Å². The number of Topliss-reactive ketones (excluding diaryl/α,β-unsaturated/α-hetero) is 1. The normalized spacial score (nSPS) is 11.4. The Kier molecular flexibility index (Phi) is 5.48. The summed E-state index contributed by atoms with van der Waals surface area (Å²) in [7, 11) is 0. The summed E-state index contributed by atoms with van der Waals surface area (Å²) in [5.74, 6) is -0.680. The number of benzene rings is 2. The van der Waals surface area contributed by atoms with E-state index in [4.69, 9.17) is 0 Å². The molecule has 0 radical (unpaired) electrons. The number of rotatable bonds is 7. The number of carboxylic acid groups (broad SMARTS) is 1. The zero-order valence-electron chi connectivity index (χ0n) is 17.0. The summed E-state index contributed by atoms with van der Waals surface area (Å²) in [6, 6.07) is 14.8. The second-order valence-corrected chi connectivity index (χ2v) is 8.80. The number of nitrogens with one attached hydrogen (secondary N) is 1. The van der Waals surface area contributed by atoms with E-state index in [-0.39, 0.29) is 12.2 Å². The van der Waals surface area contributed by atoms with Crippen LogP contribution >= 0.6 is 11.3 Å². The van der Waals surface area contributed by atoms with Crippen LogP contribution < -0.4 is 5.32 Å². The number of fused-ring (bicyclic) bond motifs is 1. The number of carbonyl (C=O) groups is 2. The van der Waals surface area contributed by atoms with Crippen LogP contribution in [0.4, 0.5) is 10.8 Å². The van der Waals surface area contributed by atoms with Gasteiger partial charge in [-0.15, -0.1) is 0 Å². The van der Waals surface area contributed by atoms with Gasteiger partial charge in [0.15, 0.2) is 16.7 Å². The second-order valence-electron chi connectivity index (χ2n) is 7.77. The molecule has 31 heavy (non-hydrogen) atoms. The minimum atomic E-state index is -1.11. The quantitative estimate of drug-likeness (QED) is 0.388. The third-order valence-electron chi connectivity index (χ3n) is 4.84. The van der Waals surface area contributed by atoms with Crippen molar-refractivity contribution in [2.75, 3.05) is 5.32 Å². The number of nitrogens with zero attached hydrogens (tertiary/aromatic N) is 3. The summed E-state index contributed by atoms with van der Waals surface area (Å²) < 4.78 is 1.10. The zero-order valence-corrected chi connectivity index (χ0v) is 17.8. The third-order valence-corrected chi connectivity index (χ3v) is 5.80. The fourth-order valence-corrected chi connectivity index (χ4v) is 3.86. The van der Waals surface area contributed by atoms with E-state index in [0.717, 1.165) is 26.6 Å². The van der Waals surface area contributed by atoms with Crippen molar-refractivity contribution in [1.82, 2.24) is 15.0 Å². The van der Waals surface area contributed by atoms with Gasteiger partial charge in [-0.2, -0.15) is 0 Å². The van der Waals surface area contributed by atoms with E-state index >= 15 is 0 Å². The Morgan fingerprint density at radius 1 is 1.03 bits per heavy atom. The highest BCUT2D eigenvalue weighted by molar-refractivity contribution is 7.22. The standard InChI is InChI=1S/C23H20N4O3S/c1-23(2,21(29)30)11-18(28)14-7-9-15(10-8-14)20-24-12-16(13-25-20)26-22-27-17-5-3-4-6-19(17)31-22/h3-10,12-13H,11H2,1-2H3,(H,26,27)(H,29,30). The summed E-state index contributed by atoms with van der Waals surface area (Å²) >= 11 is 1.56. The maximum atomic E-state index is 12.4. The predicted octanol–water partition coefficient (Wildman–Crippen LogP) is 5.18. The van der Waals surface area contributed by atoms with Gasteiger partial charge in [-0.05, 0) is 26.0 Å². The summed E-state index contributed by atoms with van der Waals surface area (Å²) in [5.41, 5.74) is 1.79. The number of carboxylic acids is 1. The van der Waals surface area contributed by atoms with Crippen molar-refractivity contribution in [2.24, 2.45) is 5.41 Å². The molecule has 0 amide bonds. The Bertz CT molecular complexity index is 1220. The second kappa shape index (κ2) is 8.23. The molecule has 0 unspecified atom stereocenters. The first-order chi connectivity index (χ1) is 14.8. The number of carbonyl (C=O) groups excluding carboxylic acids is 1. The number of anilines is 2. The Labute approximate surface area is 182 Å². The lowest BCUT2D eigenvalue weighted by molar-refractivity contribution is -0.146. The van der Waals surface area contributed by atoms with Gasteiger partial charge in [0.05, 0.1) is 33.7 Å². The van der Waals surface area contributed by atoms with Gasteiger partial charge in [0, 0.05) is 17.5 Å². The number of para-hydroxylation sites is 1. The van der Waals surface area contributed by atoms with Crippen LogP contribution in [0.25, 0.3) is 21.6 Å². The highest BCUT2D eigenvalue weighted by Gasteiger charge is 2.30. The Hall–Kier alpha value is -3.65. The molecule has 0 aliphatic carbocycles. The first-order valence-corrected chi connectivity index (χ1v) is 10.5. The van der Waals surface area contributed by atoms with Crippen LogP contribution in [0, 0.1) is 5.41 Å². The molecule has 0 spiro atoms. The maximum absolute atomic E-state index is 12.4. The maximum Gasteiger partial charge on any atom is 0.309 e. The molecule has 0 bridgehead atoms. The molecule has 4 rings (SSSR count). The fourth-order valence-electron chi connectivity index (χ4n) is 2.98. The molecule has 0 saturated carbocycles. The average Bonchev–Trinajstić information content (AvgIpc) is 3.16. The third kappa shape index (κ3) is 4.59. The molecule has 2 N–H and O–H groups in total. The largest absolute Gasteiger partial charge is 0.481 e. The molecule has 0 atom stereocenters. The number of aliphatic carboxylic acids is 1. The van der Waals surface area contributed by atoms with Gasteiger partial charge in [0.2, 0.25) is 0 Å². The van der Waals surface area contributed by atoms with Crippen LogP contribution in [0.3, 0.4) is 0 Å². The van der Waals surface area contributed by atoms with Crippen molar-refractivity contribution < 1.29 is 14.7 Å². The number of hydrogen-bond donors (Lipinski definition) is 2. The van der Waals surface area contributed by atoms with Crippen molar-refractivity contribution in [3.05, 3.63) is 66.5 Å². The lowest BCUT2D eigenvalue weighted by atomic mass is 9.85. The lowest BCUT2D eigenvalue weighted by Gasteiger charge is -2.17. The van der Waals surface area contributed by atoms with Crippen LogP contribution in [0.2, 0.25) is 0 Å². The van der Waals surface area contributed by atoms with Crippen LogP contribution in [-0.4, -0.2) is 31.8 Å². The molecule has 8 heteroatoms. The molecular weight excluding hydrogens is 412 g/mol. The number of aromatic nitrogens is 3. The molecule has 156 valence electrons. The number of hydrogen-bond acceptors (Lipinski definition) is 7. The summed E-state index contributed by atoms with van der Waals surface area (Å²) in [4.78, 5) is 37.0. The SMILES string of the molecule is CC(C)(CC(=O)c1ccc(-c2ncc(Nc3nc4ccccc4s3)cn2)cc1)C(=O)O. The minimum Gasteiger partial charge on any atom is -0.481 e. The van der Waals surface area contributed by atoms with Gasteiger partial charge in [-0.3, -0.25) is 9.59 Å². The van der Waals surface area contributed by atoms with E-state index in [1.807, 2.05) is 24.3 Å². The lowest BCUT2D eigenvalue weighted by Crippen LogP contribution is -2.26. The van der Waals surface area contributed by atoms with Crippen LogP contribution in [0.1, 0.15) is 30.6 Å². The average molecular weight is 433 g/mol. The van der Waals surface area contributed by atoms with E-state index in [2.05, 4.69) is 20.3 Å². The van der Waals surface area contributed by atoms with Gasteiger partial charge in [-0.25, -0.2) is 15.0 Å². The Morgan fingerprint density at radius 2 is 1.71 bits per heavy atom. The Balaban J connectivity index is 1.45. The van der Waals surface area contributed by atoms with Gasteiger partial charge in [-0.1, -0.05) is 47.7 Å². The van der Waals surface area contributed by atoms with E-state index in [1.165, 1.54) is 0 Å². The highest BCUT2D eigenvalue weighted by atomic mass is 32.1. The number of thiazole rings is 1. The van der Waals surface area contributed by atoms with Crippen molar-refractivity contribution in [2.45, 2.75) is 20.3 Å². The van der Waals surface area contributed by atoms with Crippen LogP contribution in [0.15, 0.2) is 60.9 Å². The van der Waals surface area contributed by atoms with E-state index in [0.29, 0.717) is 11.4 Å². The van der Waals surface area contributed by atoms with Gasteiger partial charge in [0.25, 0.3) is 0 Å². The molecule has 0 fully saturated rings. The molecule has 0 aliphatic heterocycles. The monoisotopic (exact) mass is 432 g/mol. The Morgan fingerprint density at radius 3 is 2.35 bits per heavy atom. The summed E-state index contributed by atoms with van der Waals surface area (Å²) in [6.45, 7) is 3.08. The van der Waals surface area contributed by atoms with Crippen molar-refractivity contribution in [3.8, 4) is 11.4 Å². The molecule has 2 aromatic heterocycles. The molecule has 0 saturated heterocycles. The van der Waals surface area contributed by atoms with Crippen LogP contribution in [0.5, 0.6) is 0 Å². The van der Waals surface area contributed by atoms with E-state index < -0.39 is 11.4 Å². The molecule has 0 aliphatic rings. The summed E-state index contributed by atoms with van der Waals surface area (Å²) in [5, 5.41) is 13.2. The first kappa shape index (κ1) is 20.6. The van der Waals surface area contributed by atoms with Gasteiger partial charge in [0.1, 0.15) is 0 Å². The minimum absolute atomic E-state index is 0.0652. The van der Waals surface area contributed by atoms with Gasteiger partial charge >= 0.3 is 5.97 Å².